The Morgan fingerprint density at radius 1 is 1.30 bits per heavy atom. The lowest BCUT2D eigenvalue weighted by Gasteiger charge is -2.18. The van der Waals surface area contributed by atoms with Crippen molar-refractivity contribution in [1.29, 1.82) is 0 Å². The van der Waals surface area contributed by atoms with Crippen molar-refractivity contribution < 1.29 is 0 Å². The minimum absolute atomic E-state index is 0. The van der Waals surface area contributed by atoms with E-state index in [1.165, 1.54) is 25.1 Å². The molecule has 0 atom stereocenters. The van der Waals surface area contributed by atoms with Gasteiger partial charge in [-0.05, 0) is 12.8 Å². The van der Waals surface area contributed by atoms with Crippen molar-refractivity contribution in [2.45, 2.75) is 19.3 Å². The maximum atomic E-state index is 4.37. The predicted molar refractivity (Wildman–Crippen MR) is 47.1 cm³/mol. The molecule has 0 N–H and O–H groups in total. The van der Waals surface area contributed by atoms with Gasteiger partial charge in [-0.2, -0.15) is 0 Å². The third-order valence-corrected chi connectivity index (χ3v) is 1.62. The lowest BCUT2D eigenvalue weighted by atomic mass is 10.2. The summed E-state index contributed by atoms with van der Waals surface area (Å²) in [4.78, 5) is 6.48. The third kappa shape index (κ3) is 2.56. The van der Waals surface area contributed by atoms with Gasteiger partial charge in [-0.15, -0.1) is 12.4 Å². The fraction of sp³-hybridized carbons (Fsp3) is 0.857. The summed E-state index contributed by atoms with van der Waals surface area (Å²) in [6, 6.07) is 0. The molecule has 0 aromatic rings. The first-order valence-electron chi connectivity index (χ1n) is 3.51. The number of halogens is 1. The number of hydrogen-bond donors (Lipinski definition) is 0. The Hall–Kier alpha value is -0.240. The summed E-state index contributed by atoms with van der Waals surface area (Å²) in [6.07, 6.45) is 3.77. The van der Waals surface area contributed by atoms with Crippen LogP contribution in [0.1, 0.15) is 19.3 Å². The van der Waals surface area contributed by atoms with Crippen LogP contribution < -0.4 is 0 Å². The van der Waals surface area contributed by atoms with Crippen LogP contribution in [-0.2, 0) is 0 Å². The molecule has 0 radical (unpaired) electrons. The van der Waals surface area contributed by atoms with E-state index >= 15 is 0 Å². The van der Waals surface area contributed by atoms with E-state index in [4.69, 9.17) is 0 Å². The first kappa shape index (κ1) is 9.76. The predicted octanol–water partition coefficient (Wildman–Crippen LogP) is 1.55. The number of rotatable bonds is 0. The van der Waals surface area contributed by atoms with Gasteiger partial charge in [-0.25, -0.2) is 0 Å². The van der Waals surface area contributed by atoms with Crippen LogP contribution in [0.25, 0.3) is 0 Å². The summed E-state index contributed by atoms with van der Waals surface area (Å²) in [5.74, 6) is 1.27. The average molecular weight is 163 g/mol. The van der Waals surface area contributed by atoms with Crippen molar-refractivity contribution in [2.24, 2.45) is 4.99 Å². The Morgan fingerprint density at radius 3 is 2.30 bits per heavy atom. The largest absolute Gasteiger partial charge is 0.366 e. The molecule has 0 amide bonds. The zero-order chi connectivity index (χ0) is 6.69. The third-order valence-electron chi connectivity index (χ3n) is 1.62. The lowest BCUT2D eigenvalue weighted by molar-refractivity contribution is 0.569. The highest BCUT2D eigenvalue weighted by atomic mass is 35.5. The second-order valence-electron chi connectivity index (χ2n) is 2.65. The van der Waals surface area contributed by atoms with Crippen LogP contribution in [0.2, 0.25) is 0 Å². The van der Waals surface area contributed by atoms with E-state index in [2.05, 4.69) is 24.0 Å². The molecular formula is C7H15ClN2. The van der Waals surface area contributed by atoms with Crippen LogP contribution in [0.5, 0.6) is 0 Å². The molecule has 10 heavy (non-hydrogen) atoms. The monoisotopic (exact) mass is 162 g/mol. The van der Waals surface area contributed by atoms with Crippen molar-refractivity contribution >= 4 is 18.2 Å². The van der Waals surface area contributed by atoms with Gasteiger partial charge in [0.2, 0.25) is 0 Å². The number of nitrogens with zero attached hydrogens (tertiary/aromatic N) is 2. The molecule has 1 aliphatic rings. The quantitative estimate of drug-likeness (QED) is 0.528. The number of hydrogen-bond acceptors (Lipinski definition) is 2. The van der Waals surface area contributed by atoms with Crippen molar-refractivity contribution in [2.75, 3.05) is 20.6 Å². The van der Waals surface area contributed by atoms with Gasteiger partial charge in [-0.1, -0.05) is 0 Å². The molecule has 0 aromatic carbocycles. The van der Waals surface area contributed by atoms with E-state index in [0.29, 0.717) is 0 Å². The highest BCUT2D eigenvalue weighted by molar-refractivity contribution is 5.85. The maximum Gasteiger partial charge on any atom is 0.0983 e. The Morgan fingerprint density at radius 2 is 2.00 bits per heavy atom. The molecule has 1 rings (SSSR count). The molecule has 0 aromatic heterocycles. The first-order valence-corrected chi connectivity index (χ1v) is 3.51. The van der Waals surface area contributed by atoms with E-state index in [-0.39, 0.29) is 12.4 Å². The standard InChI is InChI=1S/C7H14N2.ClH/c1-9(2)7-5-3-4-6-8-7;/h3-6H2,1-2H3;1H. The average Bonchev–Trinajstić information content (AvgIpc) is 1.90. The molecule has 60 valence electrons. The number of amidine groups is 1. The minimum atomic E-state index is 0. The first-order chi connectivity index (χ1) is 4.30. The van der Waals surface area contributed by atoms with Crippen LogP contribution in [0.4, 0.5) is 0 Å². The fourth-order valence-corrected chi connectivity index (χ4v) is 1.05. The van der Waals surface area contributed by atoms with E-state index < -0.39 is 0 Å². The van der Waals surface area contributed by atoms with Gasteiger partial charge in [0.25, 0.3) is 0 Å². The molecule has 0 bridgehead atoms. The fourth-order valence-electron chi connectivity index (χ4n) is 1.05. The van der Waals surface area contributed by atoms with Crippen molar-refractivity contribution in [3.63, 3.8) is 0 Å². The zero-order valence-corrected chi connectivity index (χ0v) is 7.45. The van der Waals surface area contributed by atoms with E-state index in [1.54, 1.807) is 0 Å². The second kappa shape index (κ2) is 4.56. The van der Waals surface area contributed by atoms with Crippen molar-refractivity contribution in [1.82, 2.24) is 4.90 Å². The normalized spacial score (nSPS) is 17.2. The van der Waals surface area contributed by atoms with Gasteiger partial charge < -0.3 is 4.90 Å². The summed E-state index contributed by atoms with van der Waals surface area (Å²) < 4.78 is 0. The summed E-state index contributed by atoms with van der Waals surface area (Å²) >= 11 is 0. The van der Waals surface area contributed by atoms with Crippen molar-refractivity contribution in [3.8, 4) is 0 Å². The van der Waals surface area contributed by atoms with Gasteiger partial charge in [0.15, 0.2) is 0 Å². The van der Waals surface area contributed by atoms with E-state index in [1.807, 2.05) is 0 Å². The van der Waals surface area contributed by atoms with Crippen LogP contribution in [-0.4, -0.2) is 31.4 Å². The molecule has 2 nitrogen and oxygen atoms in total. The van der Waals surface area contributed by atoms with Gasteiger partial charge in [0.1, 0.15) is 0 Å². The van der Waals surface area contributed by atoms with Crippen molar-refractivity contribution in [3.05, 3.63) is 0 Å². The topological polar surface area (TPSA) is 15.6 Å². The molecule has 0 saturated heterocycles. The molecular weight excluding hydrogens is 148 g/mol. The summed E-state index contributed by atoms with van der Waals surface area (Å²) in [5, 5.41) is 0. The SMILES string of the molecule is CN(C)C1=NCCCC1.Cl. The molecule has 0 aliphatic carbocycles. The van der Waals surface area contributed by atoms with Crippen LogP contribution in [0, 0.1) is 0 Å². The van der Waals surface area contributed by atoms with Gasteiger partial charge >= 0.3 is 0 Å². The summed E-state index contributed by atoms with van der Waals surface area (Å²) in [6.45, 7) is 1.04. The Kier molecular flexibility index (Phi) is 4.45. The van der Waals surface area contributed by atoms with E-state index in [0.717, 1.165) is 6.54 Å². The van der Waals surface area contributed by atoms with Gasteiger partial charge in [-0.3, -0.25) is 4.99 Å². The lowest BCUT2D eigenvalue weighted by Crippen LogP contribution is -2.24. The molecule has 1 aliphatic heterocycles. The molecule has 0 fully saturated rings. The summed E-state index contributed by atoms with van der Waals surface area (Å²) in [7, 11) is 4.12. The van der Waals surface area contributed by atoms with Crippen LogP contribution in [0.3, 0.4) is 0 Å². The zero-order valence-electron chi connectivity index (χ0n) is 6.63. The molecule has 1 heterocycles. The van der Waals surface area contributed by atoms with Crippen LogP contribution in [0.15, 0.2) is 4.99 Å². The van der Waals surface area contributed by atoms with E-state index in [9.17, 15) is 0 Å². The molecule has 0 spiro atoms. The van der Waals surface area contributed by atoms with Gasteiger partial charge in [0, 0.05) is 27.1 Å². The maximum absolute atomic E-state index is 4.37. The smallest absolute Gasteiger partial charge is 0.0983 e. The molecule has 3 heteroatoms. The highest BCUT2D eigenvalue weighted by Crippen LogP contribution is 2.06. The Bertz CT molecular complexity index is 121. The van der Waals surface area contributed by atoms with Crippen LogP contribution >= 0.6 is 12.4 Å². The molecule has 0 unspecified atom stereocenters. The number of aliphatic imine (C=N–C) groups is 1. The Balaban J connectivity index is 0.000000810. The summed E-state index contributed by atoms with van der Waals surface area (Å²) in [5.41, 5.74) is 0. The molecule has 0 saturated carbocycles. The Labute approximate surface area is 68.7 Å². The second-order valence-corrected chi connectivity index (χ2v) is 2.65. The minimum Gasteiger partial charge on any atom is -0.366 e. The highest BCUT2D eigenvalue weighted by Gasteiger charge is 2.04. The van der Waals surface area contributed by atoms with Gasteiger partial charge in [0.05, 0.1) is 5.84 Å².